The molecule has 0 aliphatic heterocycles. The standard InChI is InChI=1S/C10H14N4O/c1-8-12-10(15-13-8)7-14-5-3-4-9(14)6-11-2/h3-5,11H,6-7H2,1-2H3. The highest BCUT2D eigenvalue weighted by molar-refractivity contribution is 5.08. The molecule has 5 heteroatoms. The Morgan fingerprint density at radius 2 is 2.40 bits per heavy atom. The number of nitrogens with one attached hydrogen (secondary N) is 1. The van der Waals surface area contributed by atoms with Gasteiger partial charge in [-0.25, -0.2) is 0 Å². The molecule has 1 N–H and O–H groups in total. The number of hydrogen-bond acceptors (Lipinski definition) is 4. The summed E-state index contributed by atoms with van der Waals surface area (Å²) < 4.78 is 7.16. The first-order chi connectivity index (χ1) is 7.29. The number of aryl methyl sites for hydroxylation is 1. The van der Waals surface area contributed by atoms with Crippen molar-refractivity contribution in [1.82, 2.24) is 20.0 Å². The normalized spacial score (nSPS) is 10.8. The van der Waals surface area contributed by atoms with Crippen molar-refractivity contribution in [2.45, 2.75) is 20.0 Å². The van der Waals surface area contributed by atoms with E-state index in [1.165, 1.54) is 5.69 Å². The second-order valence-electron chi connectivity index (χ2n) is 3.39. The molecule has 0 aliphatic rings. The topological polar surface area (TPSA) is 55.9 Å². The van der Waals surface area contributed by atoms with Crippen molar-refractivity contribution in [3.8, 4) is 0 Å². The van der Waals surface area contributed by atoms with Crippen molar-refractivity contribution in [3.63, 3.8) is 0 Å². The second kappa shape index (κ2) is 4.27. The van der Waals surface area contributed by atoms with Gasteiger partial charge in [-0.1, -0.05) is 5.16 Å². The Morgan fingerprint density at radius 3 is 3.07 bits per heavy atom. The fraction of sp³-hybridized carbons (Fsp3) is 0.400. The molecule has 0 unspecified atom stereocenters. The first kappa shape index (κ1) is 9.92. The second-order valence-corrected chi connectivity index (χ2v) is 3.39. The average Bonchev–Trinajstić information content (AvgIpc) is 2.78. The summed E-state index contributed by atoms with van der Waals surface area (Å²) in [6, 6.07) is 4.08. The van der Waals surface area contributed by atoms with Gasteiger partial charge in [-0.2, -0.15) is 4.98 Å². The number of rotatable bonds is 4. The van der Waals surface area contributed by atoms with E-state index in [4.69, 9.17) is 4.52 Å². The molecule has 0 bridgehead atoms. The van der Waals surface area contributed by atoms with Gasteiger partial charge in [0.1, 0.15) is 6.54 Å². The lowest BCUT2D eigenvalue weighted by Crippen LogP contribution is -2.11. The largest absolute Gasteiger partial charge is 0.341 e. The van der Waals surface area contributed by atoms with E-state index in [1.54, 1.807) is 0 Å². The molecule has 0 radical (unpaired) electrons. The predicted octanol–water partition coefficient (Wildman–Crippen LogP) is 0.947. The van der Waals surface area contributed by atoms with Crippen LogP contribution in [0.25, 0.3) is 0 Å². The highest BCUT2D eigenvalue weighted by atomic mass is 16.5. The molecule has 0 aliphatic carbocycles. The van der Waals surface area contributed by atoms with Crippen LogP contribution in [0.5, 0.6) is 0 Å². The Hall–Kier alpha value is -1.62. The maximum Gasteiger partial charge on any atom is 0.246 e. The zero-order valence-corrected chi connectivity index (χ0v) is 8.90. The molecule has 2 aromatic heterocycles. The van der Waals surface area contributed by atoms with Gasteiger partial charge in [0.25, 0.3) is 0 Å². The Balaban J connectivity index is 2.13. The lowest BCUT2D eigenvalue weighted by atomic mass is 10.4. The minimum Gasteiger partial charge on any atom is -0.341 e. The van der Waals surface area contributed by atoms with Gasteiger partial charge in [0.15, 0.2) is 5.82 Å². The summed E-state index contributed by atoms with van der Waals surface area (Å²) in [6.07, 6.45) is 2.01. The van der Waals surface area contributed by atoms with E-state index in [-0.39, 0.29) is 0 Å². The number of nitrogens with zero attached hydrogens (tertiary/aromatic N) is 3. The molecule has 80 valence electrons. The molecule has 15 heavy (non-hydrogen) atoms. The maximum absolute atomic E-state index is 5.07. The van der Waals surface area contributed by atoms with Crippen molar-refractivity contribution in [2.24, 2.45) is 0 Å². The zero-order chi connectivity index (χ0) is 10.7. The molecule has 2 rings (SSSR count). The summed E-state index contributed by atoms with van der Waals surface area (Å²) in [5.74, 6) is 1.31. The molecule has 2 aromatic rings. The van der Waals surface area contributed by atoms with Crippen molar-refractivity contribution in [1.29, 1.82) is 0 Å². The van der Waals surface area contributed by atoms with Crippen molar-refractivity contribution in [3.05, 3.63) is 35.7 Å². The third-order valence-corrected chi connectivity index (χ3v) is 2.16. The van der Waals surface area contributed by atoms with Crippen LogP contribution in [0.4, 0.5) is 0 Å². The minimum absolute atomic E-state index is 0.630. The van der Waals surface area contributed by atoms with Crippen LogP contribution in [-0.2, 0) is 13.1 Å². The van der Waals surface area contributed by atoms with Crippen molar-refractivity contribution < 1.29 is 4.52 Å². The van der Waals surface area contributed by atoms with Gasteiger partial charge in [-0.15, -0.1) is 0 Å². The van der Waals surface area contributed by atoms with Crippen LogP contribution >= 0.6 is 0 Å². The smallest absolute Gasteiger partial charge is 0.246 e. The van der Waals surface area contributed by atoms with Crippen LogP contribution in [0, 0.1) is 6.92 Å². The van der Waals surface area contributed by atoms with E-state index in [2.05, 4.69) is 26.1 Å². The molecule has 0 atom stereocenters. The summed E-state index contributed by atoms with van der Waals surface area (Å²) >= 11 is 0. The van der Waals surface area contributed by atoms with Crippen LogP contribution in [0.1, 0.15) is 17.4 Å². The van der Waals surface area contributed by atoms with Gasteiger partial charge in [-0.3, -0.25) is 0 Å². The van der Waals surface area contributed by atoms with Gasteiger partial charge in [-0.05, 0) is 26.1 Å². The number of hydrogen-bond donors (Lipinski definition) is 1. The minimum atomic E-state index is 0.630. The molecule has 0 aromatic carbocycles. The molecular weight excluding hydrogens is 192 g/mol. The van der Waals surface area contributed by atoms with E-state index in [9.17, 15) is 0 Å². The lowest BCUT2D eigenvalue weighted by molar-refractivity contribution is 0.366. The van der Waals surface area contributed by atoms with Crippen LogP contribution in [-0.4, -0.2) is 21.8 Å². The Labute approximate surface area is 88.1 Å². The third-order valence-electron chi connectivity index (χ3n) is 2.16. The molecule has 5 nitrogen and oxygen atoms in total. The SMILES string of the molecule is CNCc1cccn1Cc1nc(C)no1. The monoisotopic (exact) mass is 206 g/mol. The summed E-state index contributed by atoms with van der Waals surface area (Å²) in [5, 5.41) is 6.87. The van der Waals surface area contributed by atoms with E-state index < -0.39 is 0 Å². The van der Waals surface area contributed by atoms with E-state index >= 15 is 0 Å². The first-order valence-corrected chi connectivity index (χ1v) is 4.87. The number of aromatic nitrogens is 3. The van der Waals surface area contributed by atoms with Crippen LogP contribution < -0.4 is 5.32 Å². The van der Waals surface area contributed by atoms with Gasteiger partial charge in [0, 0.05) is 18.4 Å². The molecule has 0 saturated carbocycles. The Morgan fingerprint density at radius 1 is 1.53 bits per heavy atom. The molecule has 0 amide bonds. The Kier molecular flexibility index (Phi) is 2.82. The highest BCUT2D eigenvalue weighted by Gasteiger charge is 2.05. The highest BCUT2D eigenvalue weighted by Crippen LogP contribution is 2.06. The zero-order valence-electron chi connectivity index (χ0n) is 8.90. The summed E-state index contributed by atoms with van der Waals surface area (Å²) in [4.78, 5) is 4.17. The predicted molar refractivity (Wildman–Crippen MR) is 55.3 cm³/mol. The van der Waals surface area contributed by atoms with Crippen LogP contribution in [0.15, 0.2) is 22.9 Å². The van der Waals surface area contributed by atoms with Gasteiger partial charge in [0.05, 0.1) is 0 Å². The van der Waals surface area contributed by atoms with Crippen LogP contribution in [0.3, 0.4) is 0 Å². The summed E-state index contributed by atoms with van der Waals surface area (Å²) in [6.45, 7) is 3.28. The van der Waals surface area contributed by atoms with Gasteiger partial charge < -0.3 is 14.4 Å². The molecule has 0 saturated heterocycles. The molecule has 0 spiro atoms. The van der Waals surface area contributed by atoms with E-state index in [0.29, 0.717) is 18.3 Å². The average molecular weight is 206 g/mol. The molecule has 2 heterocycles. The third kappa shape index (κ3) is 2.24. The van der Waals surface area contributed by atoms with Gasteiger partial charge in [0.2, 0.25) is 5.89 Å². The van der Waals surface area contributed by atoms with Gasteiger partial charge >= 0.3 is 0 Å². The van der Waals surface area contributed by atoms with Crippen LogP contribution in [0.2, 0.25) is 0 Å². The molecule has 0 fully saturated rings. The quantitative estimate of drug-likeness (QED) is 0.809. The fourth-order valence-electron chi connectivity index (χ4n) is 1.50. The first-order valence-electron chi connectivity index (χ1n) is 4.87. The van der Waals surface area contributed by atoms with E-state index in [0.717, 1.165) is 6.54 Å². The summed E-state index contributed by atoms with van der Waals surface area (Å²) in [7, 11) is 1.92. The Bertz CT molecular complexity index is 432. The fourth-order valence-corrected chi connectivity index (χ4v) is 1.50. The van der Waals surface area contributed by atoms with Crippen molar-refractivity contribution >= 4 is 0 Å². The van der Waals surface area contributed by atoms with E-state index in [1.807, 2.05) is 26.2 Å². The summed E-state index contributed by atoms with van der Waals surface area (Å²) in [5.41, 5.74) is 1.20. The lowest BCUT2D eigenvalue weighted by Gasteiger charge is -2.05. The maximum atomic E-state index is 5.07. The van der Waals surface area contributed by atoms with Crippen molar-refractivity contribution in [2.75, 3.05) is 7.05 Å². The molecular formula is C10H14N4O.